The molecule has 156 valence electrons. The van der Waals surface area contributed by atoms with Crippen molar-refractivity contribution < 1.29 is 14.3 Å². The number of carbonyl (C=O) groups is 1. The van der Waals surface area contributed by atoms with E-state index in [1.54, 1.807) is 0 Å². The molecule has 1 amide bonds. The van der Waals surface area contributed by atoms with E-state index in [4.69, 9.17) is 9.47 Å². The Hall–Kier alpha value is -2.99. The Morgan fingerprint density at radius 1 is 0.933 bits per heavy atom. The van der Waals surface area contributed by atoms with Crippen LogP contribution >= 0.6 is 15.9 Å². The molecule has 5 nitrogen and oxygen atoms in total. The van der Waals surface area contributed by atoms with Crippen LogP contribution in [0.5, 0.6) is 11.5 Å². The fourth-order valence-electron chi connectivity index (χ4n) is 2.90. The molecule has 0 spiro atoms. The van der Waals surface area contributed by atoms with Gasteiger partial charge in [0.05, 0.1) is 6.61 Å². The van der Waals surface area contributed by atoms with Crippen molar-refractivity contribution in [2.75, 3.05) is 17.2 Å². The van der Waals surface area contributed by atoms with Gasteiger partial charge in [0, 0.05) is 29.3 Å². The maximum absolute atomic E-state index is 11.1. The van der Waals surface area contributed by atoms with E-state index in [1.807, 2.05) is 73.7 Å². The van der Waals surface area contributed by atoms with Crippen molar-refractivity contribution >= 4 is 33.2 Å². The van der Waals surface area contributed by atoms with Gasteiger partial charge in [-0.05, 0) is 54.4 Å². The van der Waals surface area contributed by atoms with Crippen LogP contribution in [0.1, 0.15) is 25.0 Å². The van der Waals surface area contributed by atoms with E-state index in [1.165, 1.54) is 6.92 Å². The second kappa shape index (κ2) is 10.7. The first-order valence-corrected chi connectivity index (χ1v) is 10.6. The summed E-state index contributed by atoms with van der Waals surface area (Å²) in [4.78, 5) is 11.1. The predicted octanol–water partition coefficient (Wildman–Crippen LogP) is 6.00. The quantitative estimate of drug-likeness (QED) is 0.404. The lowest BCUT2D eigenvalue weighted by Crippen LogP contribution is -2.06. The first-order chi connectivity index (χ1) is 14.5. The average Bonchev–Trinajstić information content (AvgIpc) is 2.74. The molecule has 6 heteroatoms. The number of ether oxygens (including phenoxy) is 2. The summed E-state index contributed by atoms with van der Waals surface area (Å²) in [5.74, 6) is 1.34. The van der Waals surface area contributed by atoms with Gasteiger partial charge in [-0.2, -0.15) is 0 Å². The van der Waals surface area contributed by atoms with Crippen molar-refractivity contribution in [2.24, 2.45) is 0 Å². The number of hydrogen-bond acceptors (Lipinski definition) is 4. The third-order valence-electron chi connectivity index (χ3n) is 4.34. The van der Waals surface area contributed by atoms with Crippen LogP contribution in [0.15, 0.2) is 71.2 Å². The molecule has 0 aliphatic rings. The van der Waals surface area contributed by atoms with Gasteiger partial charge in [-0.1, -0.05) is 46.3 Å². The van der Waals surface area contributed by atoms with Crippen LogP contribution in [0.2, 0.25) is 0 Å². The molecule has 3 rings (SSSR count). The molecular weight excluding hydrogens is 444 g/mol. The van der Waals surface area contributed by atoms with Gasteiger partial charge in [0.25, 0.3) is 0 Å². The maximum Gasteiger partial charge on any atom is 0.221 e. The van der Waals surface area contributed by atoms with Crippen LogP contribution in [-0.4, -0.2) is 12.5 Å². The molecule has 0 aliphatic heterocycles. The minimum atomic E-state index is -0.0855. The van der Waals surface area contributed by atoms with Crippen LogP contribution in [0.25, 0.3) is 0 Å². The van der Waals surface area contributed by atoms with Gasteiger partial charge < -0.3 is 20.1 Å². The molecule has 0 fully saturated rings. The Balaban J connectivity index is 1.68. The van der Waals surface area contributed by atoms with Crippen molar-refractivity contribution in [1.29, 1.82) is 0 Å². The van der Waals surface area contributed by atoms with Gasteiger partial charge in [-0.15, -0.1) is 0 Å². The van der Waals surface area contributed by atoms with Crippen LogP contribution in [-0.2, 0) is 17.9 Å². The van der Waals surface area contributed by atoms with E-state index in [2.05, 4.69) is 26.6 Å². The third kappa shape index (κ3) is 6.26. The number of benzene rings is 3. The maximum atomic E-state index is 11.1. The van der Waals surface area contributed by atoms with Crippen LogP contribution in [0.3, 0.4) is 0 Å². The third-order valence-corrected chi connectivity index (χ3v) is 5.08. The van der Waals surface area contributed by atoms with Crippen molar-refractivity contribution in [3.8, 4) is 11.5 Å². The molecule has 0 unspecified atom stereocenters. The zero-order valence-electron chi connectivity index (χ0n) is 17.1. The van der Waals surface area contributed by atoms with Gasteiger partial charge in [0.1, 0.15) is 6.61 Å². The van der Waals surface area contributed by atoms with Gasteiger partial charge >= 0.3 is 0 Å². The smallest absolute Gasteiger partial charge is 0.221 e. The van der Waals surface area contributed by atoms with Crippen molar-refractivity contribution in [2.45, 2.75) is 27.0 Å². The summed E-state index contributed by atoms with van der Waals surface area (Å²) >= 11 is 3.65. The molecule has 0 aliphatic carbocycles. The number of rotatable bonds is 9. The normalized spacial score (nSPS) is 10.4. The summed E-state index contributed by atoms with van der Waals surface area (Å²) in [7, 11) is 0. The highest BCUT2D eigenvalue weighted by atomic mass is 79.9. The van der Waals surface area contributed by atoms with E-state index in [0.29, 0.717) is 25.5 Å². The Morgan fingerprint density at radius 3 is 2.27 bits per heavy atom. The molecule has 30 heavy (non-hydrogen) atoms. The molecule has 0 bridgehead atoms. The lowest BCUT2D eigenvalue weighted by atomic mass is 10.2. The summed E-state index contributed by atoms with van der Waals surface area (Å²) in [6, 6.07) is 21.6. The monoisotopic (exact) mass is 468 g/mol. The summed E-state index contributed by atoms with van der Waals surface area (Å²) in [5, 5.41) is 6.15. The number of halogens is 1. The first kappa shape index (κ1) is 21.7. The summed E-state index contributed by atoms with van der Waals surface area (Å²) in [5.41, 5.74) is 3.88. The van der Waals surface area contributed by atoms with Crippen LogP contribution < -0.4 is 20.1 Å². The molecule has 0 radical (unpaired) electrons. The highest BCUT2D eigenvalue weighted by Gasteiger charge is 2.11. The highest BCUT2D eigenvalue weighted by molar-refractivity contribution is 9.10. The number of nitrogens with one attached hydrogen (secondary N) is 2. The number of carbonyl (C=O) groups excluding carboxylic acids is 1. The molecule has 3 aromatic rings. The Morgan fingerprint density at radius 2 is 1.60 bits per heavy atom. The molecule has 0 aromatic heterocycles. The highest BCUT2D eigenvalue weighted by Crippen LogP contribution is 2.35. The van der Waals surface area contributed by atoms with Crippen LogP contribution in [0.4, 0.5) is 11.4 Å². The van der Waals surface area contributed by atoms with Gasteiger partial charge in [0.2, 0.25) is 5.91 Å². The Labute approximate surface area is 185 Å². The summed E-state index contributed by atoms with van der Waals surface area (Å²) < 4.78 is 12.8. The summed E-state index contributed by atoms with van der Waals surface area (Å²) in [6.45, 7) is 5.09. The number of anilines is 2. The fraction of sp³-hybridized carbons (Fsp3) is 0.208. The lowest BCUT2D eigenvalue weighted by Gasteiger charge is -2.16. The largest absolute Gasteiger partial charge is 0.490 e. The Kier molecular flexibility index (Phi) is 7.74. The molecule has 2 N–H and O–H groups in total. The zero-order valence-corrected chi connectivity index (χ0v) is 18.7. The molecule has 0 saturated heterocycles. The average molecular weight is 469 g/mol. The minimum Gasteiger partial charge on any atom is -0.490 e. The lowest BCUT2D eigenvalue weighted by molar-refractivity contribution is -0.114. The van der Waals surface area contributed by atoms with E-state index in [0.717, 1.165) is 32.7 Å². The molecule has 0 saturated carbocycles. The standard InChI is InChI=1S/C24H25BrN2O3/c1-3-29-23-13-19(15-26-20-9-11-21(12-10-20)27-17(2)28)22(25)14-24(23)30-16-18-7-5-4-6-8-18/h4-14,26H,3,15-16H2,1-2H3,(H,27,28). The topological polar surface area (TPSA) is 59.6 Å². The van der Waals surface area contributed by atoms with Gasteiger partial charge in [0.15, 0.2) is 11.5 Å². The van der Waals surface area contributed by atoms with E-state index in [-0.39, 0.29) is 5.91 Å². The second-order valence-electron chi connectivity index (χ2n) is 6.71. The second-order valence-corrected chi connectivity index (χ2v) is 7.56. The van der Waals surface area contributed by atoms with Crippen LogP contribution in [0, 0.1) is 0 Å². The molecule has 3 aromatic carbocycles. The first-order valence-electron chi connectivity index (χ1n) is 9.78. The van der Waals surface area contributed by atoms with Crippen molar-refractivity contribution in [1.82, 2.24) is 0 Å². The number of hydrogen-bond donors (Lipinski definition) is 2. The van der Waals surface area contributed by atoms with Gasteiger partial charge in [-0.3, -0.25) is 4.79 Å². The van der Waals surface area contributed by atoms with E-state index in [9.17, 15) is 4.79 Å². The van der Waals surface area contributed by atoms with Crippen molar-refractivity contribution in [3.63, 3.8) is 0 Å². The Bertz CT molecular complexity index is 976. The predicted molar refractivity (Wildman–Crippen MR) is 124 cm³/mol. The van der Waals surface area contributed by atoms with E-state index < -0.39 is 0 Å². The molecule has 0 atom stereocenters. The summed E-state index contributed by atoms with van der Waals surface area (Å²) in [6.07, 6.45) is 0. The van der Waals surface area contributed by atoms with Crippen molar-refractivity contribution in [3.05, 3.63) is 82.3 Å². The molecule has 0 heterocycles. The number of amides is 1. The van der Waals surface area contributed by atoms with Gasteiger partial charge in [-0.25, -0.2) is 0 Å². The SMILES string of the molecule is CCOc1cc(CNc2ccc(NC(C)=O)cc2)c(Br)cc1OCc1ccccc1. The zero-order chi connectivity index (χ0) is 21.3. The molecular formula is C24H25BrN2O3. The minimum absolute atomic E-state index is 0.0855. The fourth-order valence-corrected chi connectivity index (χ4v) is 3.36. The van der Waals surface area contributed by atoms with E-state index >= 15 is 0 Å².